The quantitative estimate of drug-likeness (QED) is 0.696. The highest BCUT2D eigenvalue weighted by Crippen LogP contribution is 2.33. The smallest absolute Gasteiger partial charge is 0.146 e. The minimum Gasteiger partial charge on any atom is -0.396 e. The molecule has 0 bridgehead atoms. The van der Waals surface area contributed by atoms with Gasteiger partial charge in [-0.05, 0) is 49.3 Å². The van der Waals surface area contributed by atoms with Crippen molar-refractivity contribution in [3.8, 4) is 0 Å². The molecule has 1 saturated carbocycles. The van der Waals surface area contributed by atoms with Crippen LogP contribution in [0, 0.1) is 5.82 Å². The summed E-state index contributed by atoms with van der Waals surface area (Å²) in [6.07, 6.45) is 4.20. The molecule has 0 atom stereocenters. The lowest BCUT2D eigenvalue weighted by molar-refractivity contribution is 0.395. The van der Waals surface area contributed by atoms with Gasteiger partial charge in [0.1, 0.15) is 5.82 Å². The van der Waals surface area contributed by atoms with E-state index < -0.39 is 0 Å². The maximum absolute atomic E-state index is 13.3. The number of rotatable bonds is 1. The van der Waals surface area contributed by atoms with Crippen molar-refractivity contribution in [3.05, 3.63) is 29.6 Å². The van der Waals surface area contributed by atoms with Crippen LogP contribution < -0.4 is 11.5 Å². The van der Waals surface area contributed by atoms with Crippen molar-refractivity contribution < 1.29 is 4.39 Å². The molecule has 4 N–H and O–H groups in total. The third-order valence-electron chi connectivity index (χ3n) is 3.27. The van der Waals surface area contributed by atoms with Crippen molar-refractivity contribution >= 4 is 5.69 Å². The Morgan fingerprint density at radius 3 is 2.40 bits per heavy atom. The molecule has 1 fully saturated rings. The van der Waals surface area contributed by atoms with Gasteiger partial charge < -0.3 is 11.5 Å². The Morgan fingerprint density at radius 1 is 1.13 bits per heavy atom. The summed E-state index contributed by atoms with van der Waals surface area (Å²) in [6.45, 7) is 0. The summed E-state index contributed by atoms with van der Waals surface area (Å²) in [5, 5.41) is 0. The predicted molar refractivity (Wildman–Crippen MR) is 60.0 cm³/mol. The first kappa shape index (κ1) is 10.4. The monoisotopic (exact) mass is 208 g/mol. The van der Waals surface area contributed by atoms with E-state index in [2.05, 4.69) is 0 Å². The molecule has 0 heterocycles. The summed E-state index contributed by atoms with van der Waals surface area (Å²) in [5.74, 6) is 0.155. The van der Waals surface area contributed by atoms with E-state index in [-0.39, 0.29) is 11.5 Å². The lowest BCUT2D eigenvalue weighted by atomic mass is 9.82. The maximum atomic E-state index is 13.3. The minimum absolute atomic E-state index is 0.228. The molecule has 1 aromatic carbocycles. The van der Waals surface area contributed by atoms with Crippen LogP contribution >= 0.6 is 0 Å². The summed E-state index contributed by atoms with van der Waals surface area (Å²) in [6, 6.07) is 5.48. The van der Waals surface area contributed by atoms with Gasteiger partial charge in [0, 0.05) is 6.04 Å². The average molecular weight is 208 g/mol. The van der Waals surface area contributed by atoms with Crippen LogP contribution in [0.2, 0.25) is 0 Å². The van der Waals surface area contributed by atoms with Gasteiger partial charge in [-0.15, -0.1) is 0 Å². The second kappa shape index (κ2) is 4.19. The molecular weight excluding hydrogens is 191 g/mol. The van der Waals surface area contributed by atoms with Crippen LogP contribution in [0.5, 0.6) is 0 Å². The number of nitrogens with two attached hydrogens (primary N) is 2. The predicted octanol–water partition coefficient (Wildman–Crippen LogP) is 2.39. The molecule has 2 rings (SSSR count). The number of benzene rings is 1. The SMILES string of the molecule is Nc1ccc(C2CCC(N)CC2)cc1F. The van der Waals surface area contributed by atoms with Crippen molar-refractivity contribution in [2.45, 2.75) is 37.6 Å². The van der Waals surface area contributed by atoms with Gasteiger partial charge in [0.05, 0.1) is 5.69 Å². The highest BCUT2D eigenvalue weighted by Gasteiger charge is 2.20. The van der Waals surface area contributed by atoms with Crippen molar-refractivity contribution in [2.24, 2.45) is 5.73 Å². The molecule has 0 saturated heterocycles. The van der Waals surface area contributed by atoms with Gasteiger partial charge in [-0.2, -0.15) is 0 Å². The molecular formula is C12H17FN2. The summed E-state index contributed by atoms with van der Waals surface area (Å²) in [4.78, 5) is 0. The van der Waals surface area contributed by atoms with E-state index in [9.17, 15) is 4.39 Å². The lowest BCUT2D eigenvalue weighted by Crippen LogP contribution is -2.25. The summed E-state index contributed by atoms with van der Waals surface area (Å²) in [7, 11) is 0. The van der Waals surface area contributed by atoms with Crippen LogP contribution in [0.15, 0.2) is 18.2 Å². The highest BCUT2D eigenvalue weighted by molar-refractivity contribution is 5.42. The Kier molecular flexibility index (Phi) is 2.91. The Hall–Kier alpha value is -1.09. The Bertz CT molecular complexity index is 343. The summed E-state index contributed by atoms with van der Waals surface area (Å²) in [5.41, 5.74) is 12.6. The topological polar surface area (TPSA) is 52.0 Å². The molecule has 2 nitrogen and oxygen atoms in total. The number of anilines is 1. The minimum atomic E-state index is -0.303. The van der Waals surface area contributed by atoms with Crippen molar-refractivity contribution in [1.82, 2.24) is 0 Å². The molecule has 1 aliphatic carbocycles. The van der Waals surface area contributed by atoms with E-state index in [0.717, 1.165) is 31.2 Å². The van der Waals surface area contributed by atoms with Crippen LogP contribution in [0.25, 0.3) is 0 Å². The van der Waals surface area contributed by atoms with Crippen LogP contribution in [0.3, 0.4) is 0 Å². The van der Waals surface area contributed by atoms with Gasteiger partial charge in [-0.3, -0.25) is 0 Å². The highest BCUT2D eigenvalue weighted by atomic mass is 19.1. The zero-order valence-electron chi connectivity index (χ0n) is 8.75. The zero-order valence-corrected chi connectivity index (χ0v) is 8.75. The van der Waals surface area contributed by atoms with E-state index in [1.807, 2.05) is 6.07 Å². The molecule has 0 radical (unpaired) electrons. The van der Waals surface area contributed by atoms with Crippen LogP contribution in [-0.4, -0.2) is 6.04 Å². The lowest BCUT2D eigenvalue weighted by Gasteiger charge is -2.26. The van der Waals surface area contributed by atoms with Crippen LogP contribution in [-0.2, 0) is 0 Å². The Labute approximate surface area is 89.5 Å². The molecule has 0 unspecified atom stereocenters. The molecule has 3 heteroatoms. The first-order valence-electron chi connectivity index (χ1n) is 5.47. The van der Waals surface area contributed by atoms with E-state index in [0.29, 0.717) is 12.0 Å². The van der Waals surface area contributed by atoms with E-state index >= 15 is 0 Å². The molecule has 0 amide bonds. The van der Waals surface area contributed by atoms with Crippen molar-refractivity contribution in [3.63, 3.8) is 0 Å². The van der Waals surface area contributed by atoms with Crippen LogP contribution in [0.4, 0.5) is 10.1 Å². The average Bonchev–Trinajstić information content (AvgIpc) is 2.23. The number of nitrogen functional groups attached to an aromatic ring is 1. The maximum Gasteiger partial charge on any atom is 0.146 e. The third kappa shape index (κ3) is 2.29. The molecule has 0 spiro atoms. The molecule has 0 aromatic heterocycles. The molecule has 0 aliphatic heterocycles. The fraction of sp³-hybridized carbons (Fsp3) is 0.500. The molecule has 82 valence electrons. The first-order chi connectivity index (χ1) is 7.16. The third-order valence-corrected chi connectivity index (χ3v) is 3.27. The second-order valence-electron chi connectivity index (χ2n) is 4.39. The van der Waals surface area contributed by atoms with Crippen molar-refractivity contribution in [2.75, 3.05) is 5.73 Å². The normalized spacial score (nSPS) is 26.5. The van der Waals surface area contributed by atoms with Crippen LogP contribution in [0.1, 0.15) is 37.2 Å². The zero-order chi connectivity index (χ0) is 10.8. The standard InChI is InChI=1S/C12H17FN2/c13-11-7-9(3-6-12(11)15)8-1-4-10(14)5-2-8/h3,6-8,10H,1-2,4-5,14-15H2. The van der Waals surface area contributed by atoms with E-state index in [1.165, 1.54) is 0 Å². The molecule has 1 aliphatic rings. The Balaban J connectivity index is 2.12. The van der Waals surface area contributed by atoms with E-state index in [4.69, 9.17) is 11.5 Å². The van der Waals surface area contributed by atoms with Gasteiger partial charge >= 0.3 is 0 Å². The second-order valence-corrected chi connectivity index (χ2v) is 4.39. The van der Waals surface area contributed by atoms with E-state index in [1.54, 1.807) is 12.1 Å². The molecule has 15 heavy (non-hydrogen) atoms. The van der Waals surface area contributed by atoms with Gasteiger partial charge in [0.25, 0.3) is 0 Å². The fourth-order valence-corrected chi connectivity index (χ4v) is 2.25. The number of halogens is 1. The first-order valence-corrected chi connectivity index (χ1v) is 5.47. The van der Waals surface area contributed by atoms with Crippen molar-refractivity contribution in [1.29, 1.82) is 0 Å². The fourth-order valence-electron chi connectivity index (χ4n) is 2.25. The van der Waals surface area contributed by atoms with Gasteiger partial charge in [0.2, 0.25) is 0 Å². The number of hydrogen-bond acceptors (Lipinski definition) is 2. The Morgan fingerprint density at radius 2 is 1.80 bits per heavy atom. The largest absolute Gasteiger partial charge is 0.396 e. The van der Waals surface area contributed by atoms with Gasteiger partial charge in [0.15, 0.2) is 0 Å². The molecule has 1 aromatic rings. The summed E-state index contributed by atoms with van der Waals surface area (Å²) < 4.78 is 13.3. The summed E-state index contributed by atoms with van der Waals surface area (Å²) >= 11 is 0. The number of hydrogen-bond donors (Lipinski definition) is 2. The van der Waals surface area contributed by atoms with Gasteiger partial charge in [-0.1, -0.05) is 6.07 Å². The van der Waals surface area contributed by atoms with Gasteiger partial charge in [-0.25, -0.2) is 4.39 Å².